The minimum atomic E-state index is 0.540. The number of allylic oxidation sites excluding steroid dienone is 2. The standard InChI is InChI=1S/C15H22N2/c1-5-12-7-15-14(8-16-9-17-15)13(10(2)3)6-11(12)4/h6,8-12H,5,7H2,1-4H3. The van der Waals surface area contributed by atoms with Gasteiger partial charge in [0.05, 0.1) is 5.69 Å². The van der Waals surface area contributed by atoms with Crippen molar-refractivity contribution < 1.29 is 0 Å². The van der Waals surface area contributed by atoms with Crippen molar-refractivity contribution in [2.45, 2.75) is 40.5 Å². The minimum Gasteiger partial charge on any atom is -0.244 e. The van der Waals surface area contributed by atoms with E-state index in [4.69, 9.17) is 0 Å². The van der Waals surface area contributed by atoms with Crippen molar-refractivity contribution in [2.24, 2.45) is 17.8 Å². The van der Waals surface area contributed by atoms with Gasteiger partial charge in [-0.05, 0) is 29.7 Å². The van der Waals surface area contributed by atoms with E-state index in [1.165, 1.54) is 23.3 Å². The van der Waals surface area contributed by atoms with Gasteiger partial charge in [-0.1, -0.05) is 40.2 Å². The minimum absolute atomic E-state index is 0.540. The lowest BCUT2D eigenvalue weighted by atomic mass is 9.88. The summed E-state index contributed by atoms with van der Waals surface area (Å²) in [6.45, 7) is 9.11. The highest BCUT2D eigenvalue weighted by Gasteiger charge is 2.24. The highest BCUT2D eigenvalue weighted by molar-refractivity contribution is 5.69. The molecule has 2 rings (SSSR count). The first kappa shape index (κ1) is 12.3. The Morgan fingerprint density at radius 3 is 2.82 bits per heavy atom. The molecule has 0 spiro atoms. The van der Waals surface area contributed by atoms with E-state index in [2.05, 4.69) is 43.7 Å². The van der Waals surface area contributed by atoms with Gasteiger partial charge >= 0.3 is 0 Å². The van der Waals surface area contributed by atoms with Gasteiger partial charge in [0.1, 0.15) is 6.33 Å². The summed E-state index contributed by atoms with van der Waals surface area (Å²) in [5.74, 6) is 1.88. The summed E-state index contributed by atoms with van der Waals surface area (Å²) in [4.78, 5) is 8.69. The van der Waals surface area contributed by atoms with E-state index >= 15 is 0 Å². The number of fused-ring (bicyclic) bond motifs is 1. The number of nitrogens with zero attached hydrogens (tertiary/aromatic N) is 2. The number of hydrogen-bond donors (Lipinski definition) is 0. The fraction of sp³-hybridized carbons (Fsp3) is 0.600. The molecule has 1 aromatic heterocycles. The first-order chi connectivity index (χ1) is 8.13. The molecule has 0 radical (unpaired) electrons. The molecule has 1 aliphatic rings. The molecule has 0 saturated carbocycles. The first-order valence-electron chi connectivity index (χ1n) is 6.64. The third-order valence-electron chi connectivity index (χ3n) is 3.89. The summed E-state index contributed by atoms with van der Waals surface area (Å²) < 4.78 is 0. The molecule has 92 valence electrons. The van der Waals surface area contributed by atoms with Gasteiger partial charge in [0.2, 0.25) is 0 Å². The zero-order valence-corrected chi connectivity index (χ0v) is 11.3. The number of aromatic nitrogens is 2. The average Bonchev–Trinajstić information content (AvgIpc) is 2.46. The lowest BCUT2D eigenvalue weighted by Crippen LogP contribution is -2.11. The molecule has 0 fully saturated rings. The molecule has 2 unspecified atom stereocenters. The molecule has 0 saturated heterocycles. The lowest BCUT2D eigenvalue weighted by molar-refractivity contribution is 0.404. The second kappa shape index (κ2) is 4.99. The summed E-state index contributed by atoms with van der Waals surface area (Å²) in [7, 11) is 0. The largest absolute Gasteiger partial charge is 0.244 e. The molecular weight excluding hydrogens is 208 g/mol. The van der Waals surface area contributed by atoms with Crippen molar-refractivity contribution in [2.75, 3.05) is 0 Å². The van der Waals surface area contributed by atoms with Gasteiger partial charge < -0.3 is 0 Å². The molecule has 2 heteroatoms. The molecule has 2 nitrogen and oxygen atoms in total. The van der Waals surface area contributed by atoms with Crippen LogP contribution in [0.1, 0.15) is 45.4 Å². The van der Waals surface area contributed by atoms with Crippen LogP contribution in [0.5, 0.6) is 0 Å². The van der Waals surface area contributed by atoms with E-state index in [0.717, 1.165) is 6.42 Å². The summed E-state index contributed by atoms with van der Waals surface area (Å²) >= 11 is 0. The molecule has 0 amide bonds. The lowest BCUT2D eigenvalue weighted by Gasteiger charge is -2.17. The maximum absolute atomic E-state index is 4.49. The molecule has 0 aliphatic heterocycles. The van der Waals surface area contributed by atoms with Gasteiger partial charge in [0.25, 0.3) is 0 Å². The van der Waals surface area contributed by atoms with Crippen LogP contribution in [0.3, 0.4) is 0 Å². The second-order valence-electron chi connectivity index (χ2n) is 5.39. The quantitative estimate of drug-likeness (QED) is 0.773. The van der Waals surface area contributed by atoms with E-state index in [-0.39, 0.29) is 0 Å². The summed E-state index contributed by atoms with van der Waals surface area (Å²) in [6.07, 6.45) is 8.40. The smallest absolute Gasteiger partial charge is 0.115 e. The molecule has 1 aliphatic carbocycles. The Morgan fingerprint density at radius 1 is 1.41 bits per heavy atom. The van der Waals surface area contributed by atoms with Gasteiger partial charge in [-0.3, -0.25) is 0 Å². The Kier molecular flexibility index (Phi) is 3.60. The Balaban J connectivity index is 2.50. The van der Waals surface area contributed by atoms with Gasteiger partial charge in [-0.15, -0.1) is 0 Å². The topological polar surface area (TPSA) is 25.8 Å². The molecule has 2 atom stereocenters. The summed E-state index contributed by atoms with van der Waals surface area (Å²) in [6, 6.07) is 0. The summed E-state index contributed by atoms with van der Waals surface area (Å²) in [5, 5.41) is 0. The normalized spacial score (nSPS) is 24.2. The average molecular weight is 230 g/mol. The van der Waals surface area contributed by atoms with Crippen LogP contribution in [-0.2, 0) is 6.42 Å². The Bertz CT molecular complexity index is 421. The van der Waals surface area contributed by atoms with Crippen molar-refractivity contribution in [3.63, 3.8) is 0 Å². The monoisotopic (exact) mass is 230 g/mol. The van der Waals surface area contributed by atoms with Crippen LogP contribution in [0.4, 0.5) is 0 Å². The van der Waals surface area contributed by atoms with Gasteiger partial charge in [-0.25, -0.2) is 9.97 Å². The predicted octanol–water partition coefficient (Wildman–Crippen LogP) is 3.73. The van der Waals surface area contributed by atoms with E-state index in [9.17, 15) is 0 Å². The van der Waals surface area contributed by atoms with E-state index in [1.54, 1.807) is 6.33 Å². The van der Waals surface area contributed by atoms with E-state index < -0.39 is 0 Å². The van der Waals surface area contributed by atoms with Crippen LogP contribution < -0.4 is 0 Å². The highest BCUT2D eigenvalue weighted by Crippen LogP contribution is 2.34. The summed E-state index contributed by atoms with van der Waals surface area (Å²) in [5.41, 5.74) is 3.92. The fourth-order valence-corrected chi connectivity index (χ4v) is 2.72. The highest BCUT2D eigenvalue weighted by atomic mass is 14.8. The van der Waals surface area contributed by atoms with Crippen molar-refractivity contribution in [3.8, 4) is 0 Å². The number of hydrogen-bond acceptors (Lipinski definition) is 2. The molecule has 0 aromatic carbocycles. The van der Waals surface area contributed by atoms with Gasteiger partial charge in [0.15, 0.2) is 0 Å². The Morgan fingerprint density at radius 2 is 2.18 bits per heavy atom. The number of rotatable bonds is 2. The van der Waals surface area contributed by atoms with Crippen LogP contribution in [0.25, 0.3) is 5.57 Å². The third kappa shape index (κ3) is 2.41. The third-order valence-corrected chi connectivity index (χ3v) is 3.89. The maximum atomic E-state index is 4.49. The Hall–Kier alpha value is -1.18. The van der Waals surface area contributed by atoms with Crippen molar-refractivity contribution in [3.05, 3.63) is 29.9 Å². The zero-order chi connectivity index (χ0) is 12.4. The van der Waals surface area contributed by atoms with Crippen molar-refractivity contribution >= 4 is 5.57 Å². The molecule has 1 aromatic rings. The molecule has 1 heterocycles. The van der Waals surface area contributed by atoms with Crippen LogP contribution in [0.2, 0.25) is 0 Å². The molecular formula is C15H22N2. The zero-order valence-electron chi connectivity index (χ0n) is 11.3. The van der Waals surface area contributed by atoms with Gasteiger partial charge in [0, 0.05) is 11.8 Å². The molecule has 0 N–H and O–H groups in total. The maximum Gasteiger partial charge on any atom is 0.115 e. The van der Waals surface area contributed by atoms with Crippen LogP contribution in [-0.4, -0.2) is 9.97 Å². The molecule has 17 heavy (non-hydrogen) atoms. The predicted molar refractivity (Wildman–Crippen MR) is 71.5 cm³/mol. The fourth-order valence-electron chi connectivity index (χ4n) is 2.72. The first-order valence-corrected chi connectivity index (χ1v) is 6.64. The van der Waals surface area contributed by atoms with E-state index in [1.807, 2.05) is 6.20 Å². The van der Waals surface area contributed by atoms with Crippen molar-refractivity contribution in [1.29, 1.82) is 0 Å². The van der Waals surface area contributed by atoms with Crippen molar-refractivity contribution in [1.82, 2.24) is 9.97 Å². The van der Waals surface area contributed by atoms with Crippen LogP contribution in [0, 0.1) is 17.8 Å². The van der Waals surface area contributed by atoms with Crippen LogP contribution >= 0.6 is 0 Å². The second-order valence-corrected chi connectivity index (χ2v) is 5.39. The van der Waals surface area contributed by atoms with Gasteiger partial charge in [-0.2, -0.15) is 0 Å². The van der Waals surface area contributed by atoms with Crippen LogP contribution in [0.15, 0.2) is 18.6 Å². The van der Waals surface area contributed by atoms with E-state index in [0.29, 0.717) is 17.8 Å². The Labute approximate surface area is 104 Å². The molecule has 0 bridgehead atoms. The SMILES string of the molecule is CCC1Cc2ncncc2C(C(C)C)=CC1C.